The van der Waals surface area contributed by atoms with Crippen molar-refractivity contribution in [2.45, 2.75) is 46.1 Å². The van der Waals surface area contributed by atoms with Gasteiger partial charge in [-0.2, -0.15) is 0 Å². The van der Waals surface area contributed by atoms with E-state index in [4.69, 9.17) is 4.74 Å². The summed E-state index contributed by atoms with van der Waals surface area (Å²) in [5.41, 5.74) is -0.413. The Kier molecular flexibility index (Phi) is 5.25. The largest absolute Gasteiger partial charge is 0.444 e. The number of alkyl carbamates (subject to hydrolysis) is 1. The third kappa shape index (κ3) is 5.91. The summed E-state index contributed by atoms with van der Waals surface area (Å²) in [6, 6.07) is 0. The molecule has 1 amide bonds. The van der Waals surface area contributed by atoms with Crippen molar-refractivity contribution < 1.29 is 9.53 Å². The van der Waals surface area contributed by atoms with E-state index in [-0.39, 0.29) is 6.09 Å². The monoisotopic (exact) mass is 242 g/mol. The minimum atomic E-state index is -0.413. The Bertz CT molecular complexity index is 248. The van der Waals surface area contributed by atoms with Crippen LogP contribution in [0.5, 0.6) is 0 Å². The van der Waals surface area contributed by atoms with Crippen molar-refractivity contribution in [2.24, 2.45) is 11.8 Å². The van der Waals surface area contributed by atoms with Crippen molar-refractivity contribution in [3.8, 4) is 0 Å². The number of nitrogens with one attached hydrogen (secondary N) is 2. The van der Waals surface area contributed by atoms with Gasteiger partial charge in [-0.1, -0.05) is 6.92 Å². The van der Waals surface area contributed by atoms with Crippen molar-refractivity contribution in [3.05, 3.63) is 0 Å². The molecule has 1 fully saturated rings. The van der Waals surface area contributed by atoms with Gasteiger partial charge < -0.3 is 15.4 Å². The highest BCUT2D eigenvalue weighted by molar-refractivity contribution is 5.67. The fraction of sp³-hybridized carbons (Fsp3) is 0.923. The van der Waals surface area contributed by atoms with E-state index >= 15 is 0 Å². The zero-order valence-electron chi connectivity index (χ0n) is 11.5. The van der Waals surface area contributed by atoms with Crippen LogP contribution in [0.25, 0.3) is 0 Å². The highest BCUT2D eigenvalue weighted by Gasteiger charge is 2.21. The molecule has 0 aliphatic carbocycles. The van der Waals surface area contributed by atoms with Gasteiger partial charge in [0.05, 0.1) is 0 Å². The van der Waals surface area contributed by atoms with E-state index in [1.165, 1.54) is 6.42 Å². The quantitative estimate of drug-likeness (QED) is 0.797. The van der Waals surface area contributed by atoms with Gasteiger partial charge >= 0.3 is 6.09 Å². The summed E-state index contributed by atoms with van der Waals surface area (Å²) in [5.74, 6) is 1.41. The van der Waals surface area contributed by atoms with Gasteiger partial charge in [0.2, 0.25) is 0 Å². The Balaban J connectivity index is 2.16. The van der Waals surface area contributed by atoms with Gasteiger partial charge in [-0.15, -0.1) is 0 Å². The van der Waals surface area contributed by atoms with Crippen LogP contribution in [0.1, 0.15) is 40.5 Å². The van der Waals surface area contributed by atoms with Gasteiger partial charge in [-0.25, -0.2) is 4.79 Å². The molecule has 0 bridgehead atoms. The molecule has 4 heteroatoms. The van der Waals surface area contributed by atoms with Crippen LogP contribution < -0.4 is 10.6 Å². The third-order valence-corrected chi connectivity index (χ3v) is 3.17. The molecule has 0 aromatic heterocycles. The summed E-state index contributed by atoms with van der Waals surface area (Å²) in [6.45, 7) is 10.8. The van der Waals surface area contributed by atoms with Crippen molar-refractivity contribution >= 4 is 6.09 Å². The zero-order chi connectivity index (χ0) is 12.9. The molecule has 2 atom stereocenters. The smallest absolute Gasteiger partial charge is 0.407 e. The molecule has 2 N–H and O–H groups in total. The van der Waals surface area contributed by atoms with Gasteiger partial charge in [0.25, 0.3) is 0 Å². The summed E-state index contributed by atoms with van der Waals surface area (Å²) in [5, 5.41) is 6.22. The second-order valence-corrected chi connectivity index (χ2v) is 5.95. The highest BCUT2D eigenvalue weighted by atomic mass is 16.6. The predicted octanol–water partition coefficient (Wildman–Crippen LogP) is 2.15. The number of carbonyl (C=O) groups is 1. The van der Waals surface area contributed by atoms with E-state index in [9.17, 15) is 4.79 Å². The molecule has 2 unspecified atom stereocenters. The lowest BCUT2D eigenvalue weighted by molar-refractivity contribution is 0.0522. The minimum absolute atomic E-state index is 0.311. The zero-order valence-corrected chi connectivity index (χ0v) is 11.5. The fourth-order valence-corrected chi connectivity index (χ4v) is 2.11. The van der Waals surface area contributed by atoms with Gasteiger partial charge in [-0.05, 0) is 58.5 Å². The van der Waals surface area contributed by atoms with Gasteiger partial charge in [-0.3, -0.25) is 0 Å². The van der Waals surface area contributed by atoms with Crippen LogP contribution in [-0.2, 0) is 4.74 Å². The number of hydrogen-bond donors (Lipinski definition) is 2. The number of piperidine rings is 1. The molecule has 0 aromatic rings. The predicted molar refractivity (Wildman–Crippen MR) is 69.0 cm³/mol. The summed E-state index contributed by atoms with van der Waals surface area (Å²) < 4.78 is 5.19. The Morgan fingerprint density at radius 2 is 2.18 bits per heavy atom. The number of hydrogen-bond acceptors (Lipinski definition) is 3. The van der Waals surface area contributed by atoms with Crippen LogP contribution in [0, 0.1) is 11.8 Å². The molecule has 1 heterocycles. The van der Waals surface area contributed by atoms with Crippen molar-refractivity contribution in [1.82, 2.24) is 10.6 Å². The molecule has 17 heavy (non-hydrogen) atoms. The normalized spacial score (nSPS) is 25.4. The standard InChI is InChI=1S/C13H26N2O2/c1-10-5-7-14-9-11(10)6-8-15-12(16)17-13(2,3)4/h10-11,14H,5-9H2,1-4H3,(H,15,16). The number of amides is 1. The summed E-state index contributed by atoms with van der Waals surface area (Å²) in [7, 11) is 0. The van der Waals surface area contributed by atoms with Crippen LogP contribution in [-0.4, -0.2) is 31.3 Å². The summed E-state index contributed by atoms with van der Waals surface area (Å²) in [6.07, 6.45) is 1.94. The average molecular weight is 242 g/mol. The van der Waals surface area contributed by atoms with Crippen molar-refractivity contribution in [1.29, 1.82) is 0 Å². The highest BCUT2D eigenvalue weighted by Crippen LogP contribution is 2.20. The van der Waals surface area contributed by atoms with Crippen LogP contribution >= 0.6 is 0 Å². The van der Waals surface area contributed by atoms with E-state index in [1.807, 2.05) is 20.8 Å². The molecule has 1 aliphatic heterocycles. The van der Waals surface area contributed by atoms with Crippen LogP contribution in [0.2, 0.25) is 0 Å². The van der Waals surface area contributed by atoms with Crippen LogP contribution in [0.15, 0.2) is 0 Å². The van der Waals surface area contributed by atoms with Gasteiger partial charge in [0.15, 0.2) is 0 Å². The Morgan fingerprint density at radius 3 is 2.76 bits per heavy atom. The SMILES string of the molecule is CC1CCNCC1CCNC(=O)OC(C)(C)C. The second kappa shape index (κ2) is 6.24. The van der Waals surface area contributed by atoms with E-state index in [2.05, 4.69) is 17.6 Å². The van der Waals surface area contributed by atoms with Gasteiger partial charge in [0.1, 0.15) is 5.60 Å². The summed E-state index contributed by atoms with van der Waals surface area (Å²) in [4.78, 5) is 11.4. The molecular weight excluding hydrogens is 216 g/mol. The first-order valence-corrected chi connectivity index (χ1v) is 6.56. The molecule has 0 aromatic carbocycles. The maximum Gasteiger partial charge on any atom is 0.407 e. The van der Waals surface area contributed by atoms with Crippen LogP contribution in [0.3, 0.4) is 0 Å². The van der Waals surface area contributed by atoms with Crippen LogP contribution in [0.4, 0.5) is 4.79 Å². The molecule has 1 rings (SSSR count). The molecule has 0 spiro atoms. The molecule has 4 nitrogen and oxygen atoms in total. The lowest BCUT2D eigenvalue weighted by atomic mass is 9.86. The topological polar surface area (TPSA) is 50.4 Å². The fourth-order valence-electron chi connectivity index (χ4n) is 2.11. The maximum atomic E-state index is 11.4. The average Bonchev–Trinajstić information content (AvgIpc) is 2.18. The molecule has 1 aliphatic rings. The molecule has 1 saturated heterocycles. The van der Waals surface area contributed by atoms with E-state index in [0.29, 0.717) is 12.5 Å². The van der Waals surface area contributed by atoms with E-state index < -0.39 is 5.60 Å². The Labute approximate surface area is 104 Å². The molecular formula is C13H26N2O2. The maximum absolute atomic E-state index is 11.4. The third-order valence-electron chi connectivity index (χ3n) is 3.17. The first-order chi connectivity index (χ1) is 7.88. The molecule has 100 valence electrons. The minimum Gasteiger partial charge on any atom is -0.444 e. The lowest BCUT2D eigenvalue weighted by Crippen LogP contribution is -2.38. The summed E-state index contributed by atoms with van der Waals surface area (Å²) >= 11 is 0. The Morgan fingerprint density at radius 1 is 1.47 bits per heavy atom. The number of rotatable bonds is 3. The van der Waals surface area contributed by atoms with Crippen molar-refractivity contribution in [3.63, 3.8) is 0 Å². The lowest BCUT2D eigenvalue weighted by Gasteiger charge is -2.29. The number of ether oxygens (including phenoxy) is 1. The first kappa shape index (κ1) is 14.3. The van der Waals surface area contributed by atoms with Crippen molar-refractivity contribution in [2.75, 3.05) is 19.6 Å². The molecule has 0 saturated carbocycles. The molecule has 0 radical (unpaired) electrons. The van der Waals surface area contributed by atoms with Gasteiger partial charge in [0, 0.05) is 6.54 Å². The number of carbonyl (C=O) groups excluding carboxylic acids is 1. The van der Waals surface area contributed by atoms with E-state index in [1.54, 1.807) is 0 Å². The first-order valence-electron chi connectivity index (χ1n) is 6.56. The Hall–Kier alpha value is -0.770. The van der Waals surface area contributed by atoms with E-state index in [0.717, 1.165) is 25.4 Å². The second-order valence-electron chi connectivity index (χ2n) is 5.95.